The monoisotopic (exact) mass is 167 g/mol. The fourth-order valence-corrected chi connectivity index (χ4v) is 2.29. The highest BCUT2D eigenvalue weighted by Gasteiger charge is 2.22. The summed E-state index contributed by atoms with van der Waals surface area (Å²) in [6, 6.07) is 0.535. The number of aliphatic imine (C=N–C) groups is 1. The van der Waals surface area contributed by atoms with Gasteiger partial charge >= 0.3 is 0 Å². The molecule has 1 saturated carbocycles. The Bertz CT molecular complexity index is 182. The molecule has 2 rings (SSSR count). The topological polar surface area (TPSA) is 50.4 Å². The summed E-state index contributed by atoms with van der Waals surface area (Å²) in [5.41, 5.74) is 5.54. The Morgan fingerprint density at radius 3 is 2.75 bits per heavy atom. The molecule has 0 aromatic carbocycles. The lowest BCUT2D eigenvalue weighted by Crippen LogP contribution is -2.35. The molecule has 1 atom stereocenters. The van der Waals surface area contributed by atoms with Crippen LogP contribution in [-0.2, 0) is 0 Å². The molecule has 2 aliphatic rings. The first-order chi connectivity index (χ1) is 5.84. The molecule has 1 aliphatic heterocycles. The zero-order valence-electron chi connectivity index (χ0n) is 7.42. The maximum atomic E-state index is 5.54. The molecule has 0 radical (unpaired) electrons. The van der Waals surface area contributed by atoms with Gasteiger partial charge in [-0.3, -0.25) is 4.99 Å². The summed E-state index contributed by atoms with van der Waals surface area (Å²) >= 11 is 0. The number of guanidine groups is 1. The molecule has 0 bridgehead atoms. The van der Waals surface area contributed by atoms with Gasteiger partial charge in [-0.05, 0) is 12.3 Å². The van der Waals surface area contributed by atoms with E-state index in [1.807, 2.05) is 0 Å². The third kappa shape index (κ3) is 1.71. The number of rotatable bonds is 2. The van der Waals surface area contributed by atoms with Crippen molar-refractivity contribution in [3.05, 3.63) is 0 Å². The Labute approximate surface area is 73.4 Å². The van der Waals surface area contributed by atoms with E-state index in [0.29, 0.717) is 12.0 Å². The van der Waals surface area contributed by atoms with Gasteiger partial charge in [-0.2, -0.15) is 0 Å². The van der Waals surface area contributed by atoms with Crippen LogP contribution in [0.2, 0.25) is 0 Å². The summed E-state index contributed by atoms with van der Waals surface area (Å²) in [5.74, 6) is 1.57. The summed E-state index contributed by atoms with van der Waals surface area (Å²) in [6.07, 6.45) is 6.95. The summed E-state index contributed by atoms with van der Waals surface area (Å²) in [6.45, 7) is 0.891. The molecule has 1 unspecified atom stereocenters. The second-order valence-electron chi connectivity index (χ2n) is 3.95. The smallest absolute Gasteiger partial charge is 0.188 e. The van der Waals surface area contributed by atoms with Crippen molar-refractivity contribution in [1.29, 1.82) is 0 Å². The molecule has 1 aliphatic carbocycles. The zero-order chi connectivity index (χ0) is 8.39. The lowest BCUT2D eigenvalue weighted by Gasteiger charge is -2.14. The molecule has 3 heteroatoms. The minimum absolute atomic E-state index is 0.535. The van der Waals surface area contributed by atoms with E-state index < -0.39 is 0 Å². The van der Waals surface area contributed by atoms with Crippen molar-refractivity contribution in [3.8, 4) is 0 Å². The second kappa shape index (κ2) is 3.33. The normalized spacial score (nSPS) is 30.3. The van der Waals surface area contributed by atoms with E-state index in [-0.39, 0.29) is 0 Å². The summed E-state index contributed by atoms with van der Waals surface area (Å²) < 4.78 is 0. The average Bonchev–Trinajstić information content (AvgIpc) is 2.63. The first-order valence-corrected chi connectivity index (χ1v) is 4.91. The summed E-state index contributed by atoms with van der Waals surface area (Å²) in [7, 11) is 0. The van der Waals surface area contributed by atoms with Gasteiger partial charge in [-0.15, -0.1) is 0 Å². The zero-order valence-corrected chi connectivity index (χ0v) is 7.42. The van der Waals surface area contributed by atoms with Crippen molar-refractivity contribution in [2.75, 3.05) is 6.54 Å². The largest absolute Gasteiger partial charge is 0.370 e. The van der Waals surface area contributed by atoms with E-state index in [2.05, 4.69) is 10.3 Å². The predicted molar refractivity (Wildman–Crippen MR) is 50.0 cm³/mol. The van der Waals surface area contributed by atoms with Crippen molar-refractivity contribution in [3.63, 3.8) is 0 Å². The maximum absolute atomic E-state index is 5.54. The number of nitrogens with zero attached hydrogens (tertiary/aromatic N) is 1. The molecular formula is C9H17N3. The summed E-state index contributed by atoms with van der Waals surface area (Å²) in [5, 5.41) is 3.21. The molecule has 3 N–H and O–H groups in total. The van der Waals surface area contributed by atoms with Gasteiger partial charge in [0, 0.05) is 6.04 Å². The second-order valence-corrected chi connectivity index (χ2v) is 3.95. The van der Waals surface area contributed by atoms with E-state index in [0.717, 1.165) is 12.5 Å². The van der Waals surface area contributed by atoms with Crippen molar-refractivity contribution in [2.45, 2.75) is 38.1 Å². The Balaban J connectivity index is 1.74. The van der Waals surface area contributed by atoms with Crippen molar-refractivity contribution in [2.24, 2.45) is 16.6 Å². The molecule has 1 heterocycles. The average molecular weight is 167 g/mol. The van der Waals surface area contributed by atoms with Gasteiger partial charge in [-0.25, -0.2) is 0 Å². The highest BCUT2D eigenvalue weighted by molar-refractivity contribution is 5.79. The van der Waals surface area contributed by atoms with Crippen LogP contribution in [0.15, 0.2) is 4.99 Å². The fourth-order valence-electron chi connectivity index (χ4n) is 2.29. The number of nitrogens with one attached hydrogen (secondary N) is 1. The lowest BCUT2D eigenvalue weighted by atomic mass is 9.99. The Hall–Kier alpha value is -0.730. The van der Waals surface area contributed by atoms with Crippen LogP contribution in [0.5, 0.6) is 0 Å². The molecule has 0 amide bonds. The van der Waals surface area contributed by atoms with Crippen LogP contribution in [0, 0.1) is 5.92 Å². The predicted octanol–water partition coefficient (Wildman–Crippen LogP) is 0.853. The van der Waals surface area contributed by atoms with Crippen LogP contribution in [0.3, 0.4) is 0 Å². The fraction of sp³-hybridized carbons (Fsp3) is 0.889. The molecule has 1 fully saturated rings. The van der Waals surface area contributed by atoms with Crippen molar-refractivity contribution < 1.29 is 0 Å². The first kappa shape index (κ1) is 7.90. The van der Waals surface area contributed by atoms with Crippen LogP contribution in [0.25, 0.3) is 0 Å². The highest BCUT2D eigenvalue weighted by Crippen LogP contribution is 2.28. The van der Waals surface area contributed by atoms with Crippen LogP contribution in [0.1, 0.15) is 32.1 Å². The standard InChI is InChI=1S/C9H17N3/c10-9-11-6-8(12-9)5-7-3-1-2-4-7/h7-8H,1-6H2,(H3,10,11,12). The molecular weight excluding hydrogens is 150 g/mol. The Kier molecular flexibility index (Phi) is 2.19. The minimum Gasteiger partial charge on any atom is -0.370 e. The van der Waals surface area contributed by atoms with Crippen molar-refractivity contribution >= 4 is 5.96 Å². The molecule has 0 saturated heterocycles. The van der Waals surface area contributed by atoms with Gasteiger partial charge in [0.25, 0.3) is 0 Å². The van der Waals surface area contributed by atoms with E-state index in [1.165, 1.54) is 32.1 Å². The van der Waals surface area contributed by atoms with Crippen LogP contribution >= 0.6 is 0 Å². The van der Waals surface area contributed by atoms with E-state index in [1.54, 1.807) is 0 Å². The highest BCUT2D eigenvalue weighted by atomic mass is 15.2. The molecule has 0 aromatic heterocycles. The molecule has 0 spiro atoms. The van der Waals surface area contributed by atoms with E-state index in [4.69, 9.17) is 5.73 Å². The first-order valence-electron chi connectivity index (χ1n) is 4.91. The van der Waals surface area contributed by atoms with Gasteiger partial charge in [0.05, 0.1) is 6.54 Å². The van der Waals surface area contributed by atoms with Crippen LogP contribution in [-0.4, -0.2) is 18.5 Å². The summed E-state index contributed by atoms with van der Waals surface area (Å²) in [4.78, 5) is 4.14. The van der Waals surface area contributed by atoms with Crippen molar-refractivity contribution in [1.82, 2.24) is 5.32 Å². The van der Waals surface area contributed by atoms with Crippen LogP contribution in [0.4, 0.5) is 0 Å². The van der Waals surface area contributed by atoms with Gasteiger partial charge in [0.1, 0.15) is 0 Å². The SMILES string of the molecule is NC1=NCC(CC2CCCC2)N1. The van der Waals surface area contributed by atoms with Gasteiger partial charge in [0.15, 0.2) is 5.96 Å². The Morgan fingerprint density at radius 1 is 1.42 bits per heavy atom. The third-order valence-electron chi connectivity index (χ3n) is 2.93. The molecule has 68 valence electrons. The maximum Gasteiger partial charge on any atom is 0.188 e. The molecule has 12 heavy (non-hydrogen) atoms. The number of nitrogens with two attached hydrogens (primary N) is 1. The minimum atomic E-state index is 0.535. The van der Waals surface area contributed by atoms with Crippen LogP contribution < -0.4 is 11.1 Å². The quantitative estimate of drug-likeness (QED) is 0.640. The van der Waals surface area contributed by atoms with Gasteiger partial charge < -0.3 is 11.1 Å². The van der Waals surface area contributed by atoms with E-state index in [9.17, 15) is 0 Å². The Morgan fingerprint density at radius 2 is 2.17 bits per heavy atom. The lowest BCUT2D eigenvalue weighted by molar-refractivity contribution is 0.437. The van der Waals surface area contributed by atoms with Gasteiger partial charge in [0.2, 0.25) is 0 Å². The number of hydrogen-bond donors (Lipinski definition) is 2. The molecule has 0 aromatic rings. The third-order valence-corrected chi connectivity index (χ3v) is 2.93. The number of hydrogen-bond acceptors (Lipinski definition) is 3. The van der Waals surface area contributed by atoms with Gasteiger partial charge in [-0.1, -0.05) is 25.7 Å². The molecule has 3 nitrogen and oxygen atoms in total. The van der Waals surface area contributed by atoms with E-state index >= 15 is 0 Å².